The van der Waals surface area contributed by atoms with Crippen molar-refractivity contribution < 1.29 is 9.59 Å². The molecule has 1 aliphatic carbocycles. The van der Waals surface area contributed by atoms with Crippen LogP contribution in [0.5, 0.6) is 0 Å². The van der Waals surface area contributed by atoms with Crippen LogP contribution in [0.2, 0.25) is 0 Å². The molecule has 0 unspecified atom stereocenters. The number of hydrogen-bond donors (Lipinski definition) is 4. The lowest BCUT2D eigenvalue weighted by Gasteiger charge is -2.05. The topological polar surface area (TPSA) is 100 Å². The van der Waals surface area contributed by atoms with Crippen molar-refractivity contribution in [1.82, 2.24) is 15.6 Å². The molecule has 0 aliphatic heterocycles. The molecule has 6 nitrogen and oxygen atoms in total. The van der Waals surface area contributed by atoms with Gasteiger partial charge in [0.2, 0.25) is 5.91 Å². The number of hydrogen-bond acceptors (Lipinski definition) is 3. The minimum absolute atomic E-state index is 0.00972. The van der Waals surface area contributed by atoms with Crippen molar-refractivity contribution in [3.05, 3.63) is 30.0 Å². The number of nitrogens with two attached hydrogens (primary N) is 1. The van der Waals surface area contributed by atoms with Crippen molar-refractivity contribution in [2.24, 2.45) is 0 Å². The van der Waals surface area contributed by atoms with Crippen molar-refractivity contribution in [1.29, 1.82) is 0 Å². The van der Waals surface area contributed by atoms with Crippen molar-refractivity contribution in [2.75, 3.05) is 12.3 Å². The zero-order valence-electron chi connectivity index (χ0n) is 11.6. The van der Waals surface area contributed by atoms with E-state index in [0.29, 0.717) is 30.3 Å². The van der Waals surface area contributed by atoms with Crippen molar-refractivity contribution in [3.63, 3.8) is 0 Å². The van der Waals surface area contributed by atoms with Gasteiger partial charge in [0.15, 0.2) is 0 Å². The highest BCUT2D eigenvalue weighted by atomic mass is 16.2. The molecule has 0 radical (unpaired) electrons. The van der Waals surface area contributed by atoms with Gasteiger partial charge in [0, 0.05) is 41.8 Å². The Kier molecular flexibility index (Phi) is 3.51. The molecule has 1 aliphatic rings. The summed E-state index contributed by atoms with van der Waals surface area (Å²) in [6, 6.07) is 5.72. The number of carbonyl (C=O) groups excluding carboxylic acids is 2. The molecule has 2 aromatic rings. The summed E-state index contributed by atoms with van der Waals surface area (Å²) in [7, 11) is 0. The third-order valence-corrected chi connectivity index (χ3v) is 3.53. The first-order valence-electron chi connectivity index (χ1n) is 7.07. The molecule has 21 heavy (non-hydrogen) atoms. The number of amides is 2. The van der Waals surface area contributed by atoms with Gasteiger partial charge in [-0.3, -0.25) is 9.59 Å². The summed E-state index contributed by atoms with van der Waals surface area (Å²) in [5, 5.41) is 6.48. The molecule has 1 aromatic carbocycles. The highest BCUT2D eigenvalue weighted by Crippen LogP contribution is 2.20. The molecular weight excluding hydrogens is 268 g/mol. The maximum atomic E-state index is 12.1. The smallest absolute Gasteiger partial charge is 0.253 e. The van der Waals surface area contributed by atoms with Crippen molar-refractivity contribution >= 4 is 28.4 Å². The summed E-state index contributed by atoms with van der Waals surface area (Å²) in [5.41, 5.74) is 7.74. The first kappa shape index (κ1) is 13.5. The van der Waals surface area contributed by atoms with E-state index in [0.717, 1.165) is 23.7 Å². The van der Waals surface area contributed by atoms with E-state index in [-0.39, 0.29) is 11.8 Å². The lowest BCUT2D eigenvalue weighted by molar-refractivity contribution is -0.121. The second-order valence-electron chi connectivity index (χ2n) is 5.36. The van der Waals surface area contributed by atoms with Gasteiger partial charge in [0.25, 0.3) is 5.91 Å². The fourth-order valence-corrected chi connectivity index (χ4v) is 2.24. The number of nitrogen functional groups attached to an aromatic ring is 1. The molecule has 6 heteroatoms. The zero-order chi connectivity index (χ0) is 14.8. The third kappa shape index (κ3) is 3.16. The van der Waals surface area contributed by atoms with E-state index in [1.54, 1.807) is 18.3 Å². The summed E-state index contributed by atoms with van der Waals surface area (Å²) >= 11 is 0. The molecule has 2 amide bonds. The van der Waals surface area contributed by atoms with Crippen LogP contribution in [0.1, 0.15) is 29.6 Å². The SMILES string of the molecule is Nc1ccc2c(C(=O)NCCC(=O)NC3CC3)c[nH]c2c1. The quantitative estimate of drug-likeness (QED) is 0.620. The highest BCUT2D eigenvalue weighted by Gasteiger charge is 2.22. The Labute approximate surface area is 122 Å². The lowest BCUT2D eigenvalue weighted by atomic mass is 10.1. The van der Waals surface area contributed by atoms with E-state index in [2.05, 4.69) is 15.6 Å². The van der Waals surface area contributed by atoms with Crippen molar-refractivity contribution in [2.45, 2.75) is 25.3 Å². The summed E-state index contributed by atoms with van der Waals surface area (Å²) in [5.74, 6) is -0.199. The fraction of sp³-hybridized carbons (Fsp3) is 0.333. The molecule has 3 rings (SSSR count). The number of fused-ring (bicyclic) bond motifs is 1. The van der Waals surface area contributed by atoms with Gasteiger partial charge >= 0.3 is 0 Å². The standard InChI is InChI=1S/C15H18N4O2/c16-9-1-4-11-12(8-18-13(11)7-9)15(21)17-6-5-14(20)19-10-2-3-10/h1,4,7-8,10,18H,2-3,5-6,16H2,(H,17,21)(H,19,20). The lowest BCUT2D eigenvalue weighted by Crippen LogP contribution is -2.31. The minimum atomic E-state index is -0.190. The van der Waals surface area contributed by atoms with Crippen LogP contribution >= 0.6 is 0 Å². The van der Waals surface area contributed by atoms with Crippen LogP contribution in [0.15, 0.2) is 24.4 Å². The molecule has 1 heterocycles. The molecule has 0 saturated heterocycles. The molecule has 1 saturated carbocycles. The van der Waals surface area contributed by atoms with Gasteiger partial charge in [0.05, 0.1) is 5.56 Å². The van der Waals surface area contributed by atoms with E-state index in [1.807, 2.05) is 6.07 Å². The van der Waals surface area contributed by atoms with Gasteiger partial charge in [-0.1, -0.05) is 0 Å². The summed E-state index contributed by atoms with van der Waals surface area (Å²) in [6.07, 6.45) is 4.09. The van der Waals surface area contributed by atoms with Gasteiger partial charge < -0.3 is 21.4 Å². The number of benzene rings is 1. The number of nitrogens with one attached hydrogen (secondary N) is 3. The molecule has 0 bridgehead atoms. The normalized spacial score (nSPS) is 14.1. The van der Waals surface area contributed by atoms with Gasteiger partial charge in [0.1, 0.15) is 0 Å². The average molecular weight is 286 g/mol. The first-order chi connectivity index (χ1) is 10.1. The predicted octanol–water partition coefficient (Wildman–Crippen LogP) is 1.15. The molecule has 5 N–H and O–H groups in total. The number of rotatable bonds is 5. The minimum Gasteiger partial charge on any atom is -0.399 e. The summed E-state index contributed by atoms with van der Waals surface area (Å²) < 4.78 is 0. The van der Waals surface area contributed by atoms with E-state index >= 15 is 0 Å². The molecule has 1 fully saturated rings. The Morgan fingerprint density at radius 3 is 2.90 bits per heavy atom. The van der Waals surface area contributed by atoms with E-state index in [4.69, 9.17) is 5.73 Å². The molecule has 1 aromatic heterocycles. The van der Waals surface area contributed by atoms with Crippen LogP contribution in [0.3, 0.4) is 0 Å². The predicted molar refractivity (Wildman–Crippen MR) is 80.8 cm³/mol. The fourth-order valence-electron chi connectivity index (χ4n) is 2.24. The molecule has 0 atom stereocenters. The first-order valence-corrected chi connectivity index (χ1v) is 7.07. The number of H-pyrrole nitrogens is 1. The van der Waals surface area contributed by atoms with E-state index in [1.165, 1.54) is 0 Å². The van der Waals surface area contributed by atoms with Crippen LogP contribution in [0.4, 0.5) is 5.69 Å². The van der Waals surface area contributed by atoms with Crippen LogP contribution in [0, 0.1) is 0 Å². The largest absolute Gasteiger partial charge is 0.399 e. The second-order valence-corrected chi connectivity index (χ2v) is 5.36. The Bertz CT molecular complexity index is 688. The molecule has 0 spiro atoms. The maximum absolute atomic E-state index is 12.1. The Balaban J connectivity index is 1.57. The van der Waals surface area contributed by atoms with Crippen LogP contribution < -0.4 is 16.4 Å². The maximum Gasteiger partial charge on any atom is 0.253 e. The number of aromatic amines is 1. The number of carbonyl (C=O) groups is 2. The third-order valence-electron chi connectivity index (χ3n) is 3.53. The summed E-state index contributed by atoms with van der Waals surface area (Å²) in [4.78, 5) is 26.7. The second kappa shape index (κ2) is 5.47. The monoisotopic (exact) mass is 286 g/mol. The molecular formula is C15H18N4O2. The van der Waals surface area contributed by atoms with E-state index in [9.17, 15) is 9.59 Å². The van der Waals surface area contributed by atoms with Crippen LogP contribution in [-0.2, 0) is 4.79 Å². The van der Waals surface area contributed by atoms with E-state index < -0.39 is 0 Å². The average Bonchev–Trinajstić information content (AvgIpc) is 3.15. The van der Waals surface area contributed by atoms with Gasteiger partial charge in [-0.05, 0) is 31.0 Å². The Hall–Kier alpha value is -2.50. The highest BCUT2D eigenvalue weighted by molar-refractivity contribution is 6.07. The van der Waals surface area contributed by atoms with Gasteiger partial charge in [-0.15, -0.1) is 0 Å². The van der Waals surface area contributed by atoms with Gasteiger partial charge in [-0.2, -0.15) is 0 Å². The summed E-state index contributed by atoms with van der Waals surface area (Å²) in [6.45, 7) is 0.332. The van der Waals surface area contributed by atoms with Crippen molar-refractivity contribution in [3.8, 4) is 0 Å². The Morgan fingerprint density at radius 2 is 2.14 bits per heavy atom. The molecule has 110 valence electrons. The zero-order valence-corrected chi connectivity index (χ0v) is 11.6. The number of aromatic nitrogens is 1. The number of anilines is 1. The van der Waals surface area contributed by atoms with Gasteiger partial charge in [-0.25, -0.2) is 0 Å². The van der Waals surface area contributed by atoms with Crippen LogP contribution in [-0.4, -0.2) is 29.4 Å². The Morgan fingerprint density at radius 1 is 1.33 bits per heavy atom. The van der Waals surface area contributed by atoms with Crippen LogP contribution in [0.25, 0.3) is 10.9 Å².